The predicted molar refractivity (Wildman–Crippen MR) is 65.9 cm³/mol. The summed E-state index contributed by atoms with van der Waals surface area (Å²) in [4.78, 5) is 11.0. The fourth-order valence-electron chi connectivity index (χ4n) is 2.39. The van der Waals surface area contributed by atoms with Crippen molar-refractivity contribution in [2.75, 3.05) is 6.54 Å². The van der Waals surface area contributed by atoms with Crippen molar-refractivity contribution in [1.29, 1.82) is 0 Å². The maximum Gasteiger partial charge on any atom is 0.150 e. The topological polar surface area (TPSA) is 29.1 Å². The van der Waals surface area contributed by atoms with E-state index in [0.717, 1.165) is 24.8 Å². The van der Waals surface area contributed by atoms with Gasteiger partial charge in [0.05, 0.1) is 0 Å². The molecule has 1 N–H and O–H groups in total. The SMILES string of the molecule is Cc1ccc(C=O)c(CC2CCCCN2)c1. The summed E-state index contributed by atoms with van der Waals surface area (Å²) < 4.78 is 0. The first-order valence-electron chi connectivity index (χ1n) is 6.07. The first-order chi connectivity index (χ1) is 7.79. The summed E-state index contributed by atoms with van der Waals surface area (Å²) >= 11 is 0. The molecule has 2 heteroatoms. The molecule has 0 bridgehead atoms. The van der Waals surface area contributed by atoms with Gasteiger partial charge in [0, 0.05) is 11.6 Å². The Hall–Kier alpha value is -1.15. The summed E-state index contributed by atoms with van der Waals surface area (Å²) in [5.74, 6) is 0. The van der Waals surface area contributed by atoms with Gasteiger partial charge < -0.3 is 5.32 Å². The van der Waals surface area contributed by atoms with Gasteiger partial charge in [-0.1, -0.05) is 30.2 Å². The molecule has 0 amide bonds. The maximum atomic E-state index is 11.0. The average molecular weight is 217 g/mol. The van der Waals surface area contributed by atoms with Gasteiger partial charge in [-0.25, -0.2) is 0 Å². The summed E-state index contributed by atoms with van der Waals surface area (Å²) in [7, 11) is 0. The Bertz CT molecular complexity index is 367. The molecule has 2 nitrogen and oxygen atoms in total. The van der Waals surface area contributed by atoms with Crippen LogP contribution < -0.4 is 5.32 Å². The molecule has 1 aromatic rings. The first-order valence-corrected chi connectivity index (χ1v) is 6.07. The zero-order chi connectivity index (χ0) is 11.4. The van der Waals surface area contributed by atoms with Crippen molar-refractivity contribution in [3.8, 4) is 0 Å². The highest BCUT2D eigenvalue weighted by Gasteiger charge is 2.14. The fraction of sp³-hybridized carbons (Fsp3) is 0.500. The molecule has 1 atom stereocenters. The third kappa shape index (κ3) is 2.70. The van der Waals surface area contributed by atoms with Gasteiger partial charge in [0.1, 0.15) is 6.29 Å². The molecule has 1 unspecified atom stereocenters. The normalized spacial score (nSPS) is 20.7. The van der Waals surface area contributed by atoms with E-state index in [1.54, 1.807) is 0 Å². The minimum Gasteiger partial charge on any atom is -0.314 e. The molecule has 0 spiro atoms. The predicted octanol–water partition coefficient (Wildman–Crippen LogP) is 2.49. The Kier molecular flexibility index (Phi) is 3.73. The van der Waals surface area contributed by atoms with Crippen LogP contribution in [0, 0.1) is 6.92 Å². The molecule has 16 heavy (non-hydrogen) atoms. The third-order valence-electron chi connectivity index (χ3n) is 3.30. The molecule has 0 radical (unpaired) electrons. The Morgan fingerprint density at radius 3 is 3.00 bits per heavy atom. The van der Waals surface area contributed by atoms with E-state index in [1.165, 1.54) is 30.4 Å². The summed E-state index contributed by atoms with van der Waals surface area (Å²) in [5.41, 5.74) is 3.27. The average Bonchev–Trinajstić information content (AvgIpc) is 2.31. The minimum absolute atomic E-state index is 0.550. The lowest BCUT2D eigenvalue weighted by atomic mass is 9.94. The van der Waals surface area contributed by atoms with Crippen LogP contribution in [0.1, 0.15) is 40.7 Å². The lowest BCUT2D eigenvalue weighted by Gasteiger charge is -2.24. The van der Waals surface area contributed by atoms with Gasteiger partial charge in [-0.2, -0.15) is 0 Å². The minimum atomic E-state index is 0.550. The quantitative estimate of drug-likeness (QED) is 0.788. The number of aryl methyl sites for hydroxylation is 1. The van der Waals surface area contributed by atoms with Gasteiger partial charge in [0.15, 0.2) is 0 Å². The van der Waals surface area contributed by atoms with Gasteiger partial charge in [0.25, 0.3) is 0 Å². The Morgan fingerprint density at radius 1 is 1.44 bits per heavy atom. The lowest BCUT2D eigenvalue weighted by Crippen LogP contribution is -2.35. The van der Waals surface area contributed by atoms with Crippen LogP contribution in [0.25, 0.3) is 0 Å². The molecule has 1 heterocycles. The van der Waals surface area contributed by atoms with Crippen molar-refractivity contribution in [3.05, 3.63) is 34.9 Å². The van der Waals surface area contributed by atoms with E-state index in [9.17, 15) is 4.79 Å². The summed E-state index contributed by atoms with van der Waals surface area (Å²) in [5, 5.41) is 3.52. The van der Waals surface area contributed by atoms with Crippen LogP contribution in [0.15, 0.2) is 18.2 Å². The number of benzene rings is 1. The van der Waals surface area contributed by atoms with Crippen LogP contribution in [0.3, 0.4) is 0 Å². The largest absolute Gasteiger partial charge is 0.314 e. The van der Waals surface area contributed by atoms with Gasteiger partial charge in [-0.15, -0.1) is 0 Å². The number of piperidine rings is 1. The Labute approximate surface area is 97.1 Å². The fourth-order valence-corrected chi connectivity index (χ4v) is 2.39. The smallest absolute Gasteiger partial charge is 0.150 e. The van der Waals surface area contributed by atoms with Crippen molar-refractivity contribution in [3.63, 3.8) is 0 Å². The van der Waals surface area contributed by atoms with E-state index in [1.807, 2.05) is 12.1 Å². The molecule has 0 aromatic heterocycles. The van der Waals surface area contributed by atoms with Crippen molar-refractivity contribution in [2.24, 2.45) is 0 Å². The first kappa shape index (κ1) is 11.3. The van der Waals surface area contributed by atoms with Crippen LogP contribution in [0.4, 0.5) is 0 Å². The van der Waals surface area contributed by atoms with Crippen LogP contribution in [0.2, 0.25) is 0 Å². The van der Waals surface area contributed by atoms with Crippen molar-refractivity contribution in [2.45, 2.75) is 38.6 Å². The number of carbonyl (C=O) groups excluding carboxylic acids is 1. The highest BCUT2D eigenvalue weighted by atomic mass is 16.1. The van der Waals surface area contributed by atoms with Gasteiger partial charge in [0.2, 0.25) is 0 Å². The number of hydrogen-bond donors (Lipinski definition) is 1. The number of hydrogen-bond acceptors (Lipinski definition) is 2. The van der Waals surface area contributed by atoms with E-state index in [-0.39, 0.29) is 0 Å². The lowest BCUT2D eigenvalue weighted by molar-refractivity contribution is 0.112. The highest BCUT2D eigenvalue weighted by Crippen LogP contribution is 2.16. The highest BCUT2D eigenvalue weighted by molar-refractivity contribution is 5.77. The summed E-state index contributed by atoms with van der Waals surface area (Å²) in [6.45, 7) is 3.19. The second kappa shape index (κ2) is 5.26. The van der Waals surface area contributed by atoms with E-state index >= 15 is 0 Å². The Morgan fingerprint density at radius 2 is 2.31 bits per heavy atom. The van der Waals surface area contributed by atoms with Crippen molar-refractivity contribution < 1.29 is 4.79 Å². The molecule has 1 saturated heterocycles. The van der Waals surface area contributed by atoms with Crippen LogP contribution in [-0.2, 0) is 6.42 Å². The van der Waals surface area contributed by atoms with Crippen LogP contribution >= 0.6 is 0 Å². The number of nitrogens with one attached hydrogen (secondary N) is 1. The van der Waals surface area contributed by atoms with Crippen LogP contribution in [-0.4, -0.2) is 18.9 Å². The molecule has 2 rings (SSSR count). The molecule has 1 aromatic carbocycles. The van der Waals surface area contributed by atoms with Gasteiger partial charge in [-0.05, 0) is 38.3 Å². The van der Waals surface area contributed by atoms with Crippen molar-refractivity contribution >= 4 is 6.29 Å². The van der Waals surface area contributed by atoms with E-state index in [2.05, 4.69) is 18.3 Å². The molecular formula is C14H19NO. The van der Waals surface area contributed by atoms with Gasteiger partial charge in [-0.3, -0.25) is 4.79 Å². The van der Waals surface area contributed by atoms with Crippen LogP contribution in [0.5, 0.6) is 0 Å². The third-order valence-corrected chi connectivity index (χ3v) is 3.30. The van der Waals surface area contributed by atoms with Crippen molar-refractivity contribution in [1.82, 2.24) is 5.32 Å². The molecule has 1 aliphatic heterocycles. The second-order valence-corrected chi connectivity index (χ2v) is 4.67. The zero-order valence-electron chi connectivity index (χ0n) is 9.83. The summed E-state index contributed by atoms with van der Waals surface area (Å²) in [6.07, 6.45) is 5.77. The maximum absolute atomic E-state index is 11.0. The zero-order valence-corrected chi connectivity index (χ0v) is 9.83. The molecule has 0 aliphatic carbocycles. The van der Waals surface area contributed by atoms with E-state index < -0.39 is 0 Å². The standard InChI is InChI=1S/C14H19NO/c1-11-5-6-12(10-16)13(8-11)9-14-4-2-3-7-15-14/h5-6,8,10,14-15H,2-4,7,9H2,1H3. The van der Waals surface area contributed by atoms with Gasteiger partial charge >= 0.3 is 0 Å². The monoisotopic (exact) mass is 217 g/mol. The number of aldehydes is 1. The number of rotatable bonds is 3. The second-order valence-electron chi connectivity index (χ2n) is 4.67. The molecule has 0 saturated carbocycles. The van der Waals surface area contributed by atoms with E-state index in [0.29, 0.717) is 6.04 Å². The molecule has 1 aliphatic rings. The van der Waals surface area contributed by atoms with E-state index in [4.69, 9.17) is 0 Å². The Balaban J connectivity index is 2.12. The molecule has 86 valence electrons. The molecule has 1 fully saturated rings. The molecular weight excluding hydrogens is 198 g/mol. The number of carbonyl (C=O) groups is 1. The summed E-state index contributed by atoms with van der Waals surface area (Å²) in [6, 6.07) is 6.62.